The van der Waals surface area contributed by atoms with Crippen LogP contribution >= 0.6 is 35.9 Å². The quantitative estimate of drug-likeness (QED) is 0.789. The molecule has 25 heavy (non-hydrogen) atoms. The summed E-state index contributed by atoms with van der Waals surface area (Å²) in [7, 11) is 1.96. The number of carbonyl (C=O) groups excluding carboxylic acids is 1. The zero-order chi connectivity index (χ0) is 16.8. The van der Waals surface area contributed by atoms with Crippen LogP contribution in [0.5, 0.6) is 5.75 Å². The SMILES string of the molecule is CNCC1CCN(C(=O)COc2ccc(C3SCCCS3)cc2)C1.Cl. The molecule has 1 amide bonds. The Kier molecular flexibility index (Phi) is 8.76. The zero-order valence-electron chi connectivity index (χ0n) is 14.6. The van der Waals surface area contributed by atoms with Gasteiger partial charge in [0.1, 0.15) is 5.75 Å². The van der Waals surface area contributed by atoms with Crippen LogP contribution in [0.4, 0.5) is 0 Å². The Labute approximate surface area is 165 Å². The number of rotatable bonds is 6. The molecule has 2 aliphatic heterocycles. The number of ether oxygens (including phenoxy) is 1. The molecule has 1 atom stereocenters. The van der Waals surface area contributed by atoms with Gasteiger partial charge in [-0.05, 0) is 61.6 Å². The third-order valence-corrected chi connectivity index (χ3v) is 7.49. The summed E-state index contributed by atoms with van der Waals surface area (Å²) in [6, 6.07) is 8.25. The Morgan fingerprint density at radius 2 is 2.00 bits per heavy atom. The van der Waals surface area contributed by atoms with E-state index >= 15 is 0 Å². The first-order chi connectivity index (χ1) is 11.8. The monoisotopic (exact) mass is 402 g/mol. The second-order valence-electron chi connectivity index (χ2n) is 6.34. The van der Waals surface area contributed by atoms with Gasteiger partial charge in [0.15, 0.2) is 6.61 Å². The van der Waals surface area contributed by atoms with E-state index in [0.717, 1.165) is 31.8 Å². The maximum atomic E-state index is 12.3. The maximum Gasteiger partial charge on any atom is 0.260 e. The fraction of sp³-hybridized carbons (Fsp3) is 0.611. The van der Waals surface area contributed by atoms with E-state index in [1.54, 1.807) is 0 Å². The Morgan fingerprint density at radius 1 is 1.28 bits per heavy atom. The van der Waals surface area contributed by atoms with Crippen LogP contribution in [0.2, 0.25) is 0 Å². The second-order valence-corrected chi connectivity index (χ2v) is 9.06. The molecule has 0 radical (unpaired) electrons. The van der Waals surface area contributed by atoms with Crippen LogP contribution in [0, 0.1) is 5.92 Å². The highest BCUT2D eigenvalue weighted by atomic mass is 35.5. The topological polar surface area (TPSA) is 41.6 Å². The summed E-state index contributed by atoms with van der Waals surface area (Å²) in [6.07, 6.45) is 2.39. The van der Waals surface area contributed by atoms with Crippen LogP contribution in [0.3, 0.4) is 0 Å². The molecule has 1 aromatic carbocycles. The van der Waals surface area contributed by atoms with E-state index in [4.69, 9.17) is 4.74 Å². The number of amides is 1. The van der Waals surface area contributed by atoms with Crippen molar-refractivity contribution in [3.63, 3.8) is 0 Å². The second kappa shape index (κ2) is 10.6. The minimum Gasteiger partial charge on any atom is -0.484 e. The summed E-state index contributed by atoms with van der Waals surface area (Å²) in [5.74, 6) is 3.94. The number of halogens is 1. The van der Waals surface area contributed by atoms with Crippen molar-refractivity contribution in [2.24, 2.45) is 5.92 Å². The van der Waals surface area contributed by atoms with Gasteiger partial charge in [-0.1, -0.05) is 12.1 Å². The van der Waals surface area contributed by atoms with Gasteiger partial charge in [0.2, 0.25) is 0 Å². The normalized spacial score (nSPS) is 21.0. The molecule has 4 nitrogen and oxygen atoms in total. The standard InChI is InChI=1S/C18H26N2O2S2.ClH/c1-19-11-14-7-8-20(12-14)17(21)13-22-16-5-3-15(4-6-16)18-23-9-2-10-24-18;/h3-6,14,18-19H,2,7-13H2,1H3;1H. The third-order valence-electron chi connectivity index (χ3n) is 4.47. The molecule has 2 aliphatic rings. The summed E-state index contributed by atoms with van der Waals surface area (Å²) in [5, 5.41) is 3.19. The van der Waals surface area contributed by atoms with Gasteiger partial charge in [0.05, 0.1) is 4.58 Å². The molecule has 1 unspecified atom stereocenters. The Balaban J connectivity index is 0.00000225. The van der Waals surface area contributed by atoms with Gasteiger partial charge in [-0.2, -0.15) is 0 Å². The van der Waals surface area contributed by atoms with E-state index in [1.165, 1.54) is 23.5 Å². The first-order valence-corrected chi connectivity index (χ1v) is 10.7. The average Bonchev–Trinajstić information content (AvgIpc) is 3.10. The van der Waals surface area contributed by atoms with E-state index < -0.39 is 0 Å². The summed E-state index contributed by atoms with van der Waals surface area (Å²) in [4.78, 5) is 14.2. The molecule has 2 heterocycles. The molecule has 1 aromatic rings. The van der Waals surface area contributed by atoms with Gasteiger partial charge < -0.3 is 15.0 Å². The van der Waals surface area contributed by atoms with Crippen molar-refractivity contribution in [1.29, 1.82) is 0 Å². The minimum atomic E-state index is 0. The summed E-state index contributed by atoms with van der Waals surface area (Å²) < 4.78 is 6.24. The lowest BCUT2D eigenvalue weighted by Gasteiger charge is -2.21. The van der Waals surface area contributed by atoms with E-state index in [2.05, 4.69) is 17.4 Å². The number of thioether (sulfide) groups is 2. The van der Waals surface area contributed by atoms with Gasteiger partial charge >= 0.3 is 0 Å². The molecule has 0 spiro atoms. The Hall–Kier alpha value is -0.560. The molecule has 7 heteroatoms. The number of carbonyl (C=O) groups is 1. The van der Waals surface area contributed by atoms with E-state index in [1.807, 2.05) is 47.6 Å². The van der Waals surface area contributed by atoms with Crippen LogP contribution < -0.4 is 10.1 Å². The zero-order valence-corrected chi connectivity index (χ0v) is 17.1. The number of likely N-dealkylation sites (tertiary alicyclic amines) is 1. The Bertz CT molecular complexity index is 538. The summed E-state index contributed by atoms with van der Waals surface area (Å²) in [5.41, 5.74) is 1.35. The van der Waals surface area contributed by atoms with E-state index in [9.17, 15) is 4.79 Å². The van der Waals surface area contributed by atoms with Gasteiger partial charge in [-0.3, -0.25) is 4.79 Å². The first kappa shape index (κ1) is 20.7. The molecule has 0 saturated carbocycles. The number of nitrogens with one attached hydrogen (secondary N) is 1. The van der Waals surface area contributed by atoms with E-state index in [-0.39, 0.29) is 24.9 Å². The molecule has 0 aliphatic carbocycles. The lowest BCUT2D eigenvalue weighted by molar-refractivity contribution is -0.132. The van der Waals surface area contributed by atoms with Crippen molar-refractivity contribution < 1.29 is 9.53 Å². The largest absolute Gasteiger partial charge is 0.484 e. The maximum absolute atomic E-state index is 12.3. The highest BCUT2D eigenvalue weighted by Crippen LogP contribution is 2.43. The first-order valence-electron chi connectivity index (χ1n) is 8.64. The van der Waals surface area contributed by atoms with Crippen molar-refractivity contribution in [1.82, 2.24) is 10.2 Å². The number of hydrogen-bond acceptors (Lipinski definition) is 5. The smallest absolute Gasteiger partial charge is 0.260 e. The van der Waals surface area contributed by atoms with Crippen molar-refractivity contribution in [3.8, 4) is 5.75 Å². The lowest BCUT2D eigenvalue weighted by Crippen LogP contribution is -2.34. The molecule has 2 fully saturated rings. The molecule has 0 aromatic heterocycles. The Morgan fingerprint density at radius 3 is 2.68 bits per heavy atom. The lowest BCUT2D eigenvalue weighted by atomic mass is 10.1. The van der Waals surface area contributed by atoms with Crippen LogP contribution in [0.25, 0.3) is 0 Å². The minimum absolute atomic E-state index is 0. The van der Waals surface area contributed by atoms with Gasteiger partial charge in [-0.25, -0.2) is 0 Å². The van der Waals surface area contributed by atoms with Crippen LogP contribution in [0.15, 0.2) is 24.3 Å². The molecule has 140 valence electrons. The molecular formula is C18H27ClN2O2S2. The molecule has 1 N–H and O–H groups in total. The summed E-state index contributed by atoms with van der Waals surface area (Å²) in [6.45, 7) is 2.81. The van der Waals surface area contributed by atoms with Crippen molar-refractivity contribution in [2.45, 2.75) is 17.4 Å². The molecule has 2 saturated heterocycles. The average molecular weight is 403 g/mol. The number of benzene rings is 1. The predicted molar refractivity (Wildman–Crippen MR) is 110 cm³/mol. The highest BCUT2D eigenvalue weighted by molar-refractivity contribution is 8.16. The van der Waals surface area contributed by atoms with Crippen molar-refractivity contribution >= 4 is 41.8 Å². The van der Waals surface area contributed by atoms with Crippen molar-refractivity contribution in [2.75, 3.05) is 44.8 Å². The molecular weight excluding hydrogens is 376 g/mol. The predicted octanol–water partition coefficient (Wildman–Crippen LogP) is 3.42. The fourth-order valence-electron chi connectivity index (χ4n) is 3.15. The van der Waals surface area contributed by atoms with Gasteiger partial charge in [0, 0.05) is 13.1 Å². The number of hydrogen-bond donors (Lipinski definition) is 1. The van der Waals surface area contributed by atoms with Gasteiger partial charge in [-0.15, -0.1) is 35.9 Å². The van der Waals surface area contributed by atoms with E-state index in [0.29, 0.717) is 10.5 Å². The van der Waals surface area contributed by atoms with Crippen LogP contribution in [0.1, 0.15) is 23.0 Å². The highest BCUT2D eigenvalue weighted by Gasteiger charge is 2.25. The fourth-order valence-corrected chi connectivity index (χ4v) is 6.05. The van der Waals surface area contributed by atoms with Crippen LogP contribution in [-0.2, 0) is 4.79 Å². The van der Waals surface area contributed by atoms with Crippen molar-refractivity contribution in [3.05, 3.63) is 29.8 Å². The van der Waals surface area contributed by atoms with Gasteiger partial charge in [0.25, 0.3) is 5.91 Å². The molecule has 0 bridgehead atoms. The van der Waals surface area contributed by atoms with Crippen LogP contribution in [-0.4, -0.2) is 55.6 Å². The summed E-state index contributed by atoms with van der Waals surface area (Å²) >= 11 is 4.04. The number of nitrogens with zero attached hydrogens (tertiary/aromatic N) is 1. The molecule has 3 rings (SSSR count). The third kappa shape index (κ3) is 5.98.